The number of hydrogen-bond acceptors (Lipinski definition) is 3. The number of likely N-dealkylation sites (tertiary alicyclic amines) is 1. The molecule has 1 saturated heterocycles. The van der Waals surface area contributed by atoms with Gasteiger partial charge in [0.1, 0.15) is 5.78 Å². The number of Topliss-reactive ketones (excluding diaryl/α,β-unsaturated/α-hetero) is 1. The van der Waals surface area contributed by atoms with E-state index in [2.05, 4.69) is 17.1 Å². The first-order chi connectivity index (χ1) is 7.25. The Morgan fingerprint density at radius 2 is 1.87 bits per heavy atom. The highest BCUT2D eigenvalue weighted by atomic mass is 16.2. The van der Waals surface area contributed by atoms with Crippen molar-refractivity contribution in [1.82, 2.24) is 9.80 Å². The SMILES string of the molecule is O=C1CCN(CCN2CC=CC2)C(=O)C1. The van der Waals surface area contributed by atoms with Gasteiger partial charge in [0.05, 0.1) is 6.42 Å². The van der Waals surface area contributed by atoms with Crippen LogP contribution in [0.5, 0.6) is 0 Å². The smallest absolute Gasteiger partial charge is 0.230 e. The second-order valence-electron chi connectivity index (χ2n) is 4.08. The molecule has 0 aromatic heterocycles. The van der Waals surface area contributed by atoms with Crippen molar-refractivity contribution >= 4 is 11.7 Å². The van der Waals surface area contributed by atoms with Crippen molar-refractivity contribution in [3.8, 4) is 0 Å². The van der Waals surface area contributed by atoms with Crippen molar-refractivity contribution in [1.29, 1.82) is 0 Å². The van der Waals surface area contributed by atoms with Crippen molar-refractivity contribution in [2.24, 2.45) is 0 Å². The molecule has 15 heavy (non-hydrogen) atoms. The molecule has 0 atom stereocenters. The van der Waals surface area contributed by atoms with Gasteiger partial charge >= 0.3 is 0 Å². The van der Waals surface area contributed by atoms with E-state index in [1.807, 2.05) is 0 Å². The number of carbonyl (C=O) groups excluding carboxylic acids is 2. The summed E-state index contributed by atoms with van der Waals surface area (Å²) in [5.74, 6) is 0.0810. The molecule has 1 amide bonds. The first kappa shape index (κ1) is 10.4. The summed E-state index contributed by atoms with van der Waals surface area (Å²) in [5.41, 5.74) is 0. The molecule has 0 saturated carbocycles. The minimum Gasteiger partial charge on any atom is -0.341 e. The predicted molar refractivity (Wildman–Crippen MR) is 56.4 cm³/mol. The monoisotopic (exact) mass is 208 g/mol. The molecule has 2 aliphatic rings. The lowest BCUT2D eigenvalue weighted by Crippen LogP contribution is -2.43. The van der Waals surface area contributed by atoms with E-state index in [9.17, 15) is 9.59 Å². The summed E-state index contributed by atoms with van der Waals surface area (Å²) in [6.07, 6.45) is 4.92. The van der Waals surface area contributed by atoms with Crippen LogP contribution in [-0.2, 0) is 9.59 Å². The Balaban J connectivity index is 1.74. The molecule has 0 radical (unpaired) electrons. The van der Waals surface area contributed by atoms with E-state index in [0.717, 1.165) is 26.2 Å². The Morgan fingerprint density at radius 1 is 1.13 bits per heavy atom. The van der Waals surface area contributed by atoms with Crippen molar-refractivity contribution in [2.75, 3.05) is 32.7 Å². The highest BCUT2D eigenvalue weighted by Crippen LogP contribution is 2.08. The van der Waals surface area contributed by atoms with Crippen LogP contribution in [0.2, 0.25) is 0 Å². The standard InChI is InChI=1S/C11H16N2O2/c14-10-3-6-13(11(15)9-10)8-7-12-4-1-2-5-12/h1-2H,3-9H2. The van der Waals surface area contributed by atoms with Crippen LogP contribution in [0, 0.1) is 0 Å². The van der Waals surface area contributed by atoms with Gasteiger partial charge in [-0.2, -0.15) is 0 Å². The van der Waals surface area contributed by atoms with Crippen LogP contribution < -0.4 is 0 Å². The van der Waals surface area contributed by atoms with Gasteiger partial charge in [0, 0.05) is 39.1 Å². The molecule has 0 unspecified atom stereocenters. The van der Waals surface area contributed by atoms with Gasteiger partial charge in [0.15, 0.2) is 0 Å². The zero-order valence-electron chi connectivity index (χ0n) is 8.82. The highest BCUT2D eigenvalue weighted by Gasteiger charge is 2.23. The Kier molecular flexibility index (Phi) is 3.16. The van der Waals surface area contributed by atoms with Gasteiger partial charge < -0.3 is 4.90 Å². The van der Waals surface area contributed by atoms with E-state index in [4.69, 9.17) is 0 Å². The maximum atomic E-state index is 11.5. The summed E-state index contributed by atoms with van der Waals surface area (Å²) in [4.78, 5) is 26.6. The summed E-state index contributed by atoms with van der Waals surface area (Å²) < 4.78 is 0. The molecule has 2 rings (SSSR count). The fourth-order valence-electron chi connectivity index (χ4n) is 1.96. The highest BCUT2D eigenvalue weighted by molar-refractivity contribution is 6.00. The Bertz CT molecular complexity index is 291. The van der Waals surface area contributed by atoms with Crippen LogP contribution in [0.1, 0.15) is 12.8 Å². The lowest BCUT2D eigenvalue weighted by molar-refractivity contribution is -0.139. The van der Waals surface area contributed by atoms with E-state index < -0.39 is 0 Å². The van der Waals surface area contributed by atoms with E-state index >= 15 is 0 Å². The normalized spacial score (nSPS) is 22.8. The van der Waals surface area contributed by atoms with Crippen LogP contribution >= 0.6 is 0 Å². The van der Waals surface area contributed by atoms with Crippen LogP contribution in [0.4, 0.5) is 0 Å². The second-order valence-corrected chi connectivity index (χ2v) is 4.08. The summed E-state index contributed by atoms with van der Waals surface area (Å²) in [7, 11) is 0. The molecule has 0 spiro atoms. The summed E-state index contributed by atoms with van der Waals surface area (Å²) in [5, 5.41) is 0. The van der Waals surface area contributed by atoms with Gasteiger partial charge in [-0.15, -0.1) is 0 Å². The molecule has 2 aliphatic heterocycles. The average molecular weight is 208 g/mol. The maximum absolute atomic E-state index is 11.5. The average Bonchev–Trinajstić information content (AvgIpc) is 2.69. The number of carbonyl (C=O) groups is 2. The number of amides is 1. The maximum Gasteiger partial charge on any atom is 0.230 e. The molecule has 0 aliphatic carbocycles. The van der Waals surface area contributed by atoms with Crippen LogP contribution in [0.25, 0.3) is 0 Å². The molecule has 1 fully saturated rings. The van der Waals surface area contributed by atoms with Gasteiger partial charge in [-0.3, -0.25) is 14.5 Å². The lowest BCUT2D eigenvalue weighted by atomic mass is 10.1. The van der Waals surface area contributed by atoms with Crippen molar-refractivity contribution in [3.05, 3.63) is 12.2 Å². The Labute approximate surface area is 89.5 Å². The minimum absolute atomic E-state index is 0.00148. The third kappa shape index (κ3) is 2.65. The quantitative estimate of drug-likeness (QED) is 0.486. The lowest BCUT2D eigenvalue weighted by Gasteiger charge is -2.28. The zero-order valence-corrected chi connectivity index (χ0v) is 8.82. The first-order valence-corrected chi connectivity index (χ1v) is 5.42. The zero-order chi connectivity index (χ0) is 10.7. The van der Waals surface area contributed by atoms with Crippen LogP contribution in [0.15, 0.2) is 12.2 Å². The fourth-order valence-corrected chi connectivity index (χ4v) is 1.96. The van der Waals surface area contributed by atoms with Gasteiger partial charge in [-0.25, -0.2) is 0 Å². The molecule has 0 N–H and O–H groups in total. The second kappa shape index (κ2) is 4.57. The van der Waals surface area contributed by atoms with Gasteiger partial charge in [-0.05, 0) is 0 Å². The Morgan fingerprint density at radius 3 is 2.53 bits per heavy atom. The number of ketones is 1. The van der Waals surface area contributed by atoms with E-state index in [1.165, 1.54) is 0 Å². The van der Waals surface area contributed by atoms with Crippen LogP contribution in [0.3, 0.4) is 0 Å². The molecule has 0 aromatic carbocycles. The predicted octanol–water partition coefficient (Wildman–Crippen LogP) is 0.0497. The molecular formula is C11H16N2O2. The topological polar surface area (TPSA) is 40.6 Å². The molecule has 0 bridgehead atoms. The molecule has 4 nitrogen and oxygen atoms in total. The van der Waals surface area contributed by atoms with Crippen molar-refractivity contribution in [3.63, 3.8) is 0 Å². The minimum atomic E-state index is -0.00148. The van der Waals surface area contributed by atoms with E-state index in [-0.39, 0.29) is 18.1 Å². The van der Waals surface area contributed by atoms with Gasteiger partial charge in [0.2, 0.25) is 5.91 Å². The molecule has 4 heteroatoms. The molecule has 82 valence electrons. The van der Waals surface area contributed by atoms with E-state index in [0.29, 0.717) is 13.0 Å². The summed E-state index contributed by atoms with van der Waals surface area (Å²) >= 11 is 0. The van der Waals surface area contributed by atoms with Gasteiger partial charge in [0.25, 0.3) is 0 Å². The summed E-state index contributed by atoms with van der Waals surface area (Å²) in [6, 6.07) is 0. The van der Waals surface area contributed by atoms with Crippen LogP contribution in [-0.4, -0.2) is 54.2 Å². The van der Waals surface area contributed by atoms with Crippen molar-refractivity contribution < 1.29 is 9.59 Å². The molecular weight excluding hydrogens is 192 g/mol. The molecule has 2 heterocycles. The largest absolute Gasteiger partial charge is 0.341 e. The fraction of sp³-hybridized carbons (Fsp3) is 0.636. The first-order valence-electron chi connectivity index (χ1n) is 5.42. The van der Waals surface area contributed by atoms with E-state index in [1.54, 1.807) is 4.90 Å². The number of nitrogens with zero attached hydrogens (tertiary/aromatic N) is 2. The number of piperidine rings is 1. The molecule has 0 aromatic rings. The third-order valence-electron chi connectivity index (χ3n) is 2.94. The summed E-state index contributed by atoms with van der Waals surface area (Å²) in [6.45, 7) is 4.25. The third-order valence-corrected chi connectivity index (χ3v) is 2.94. The van der Waals surface area contributed by atoms with Crippen molar-refractivity contribution in [2.45, 2.75) is 12.8 Å². The number of rotatable bonds is 3. The Hall–Kier alpha value is -1.16. The van der Waals surface area contributed by atoms with Gasteiger partial charge in [-0.1, -0.05) is 12.2 Å². The number of hydrogen-bond donors (Lipinski definition) is 0.